The molecule has 1 aromatic heterocycles. The van der Waals surface area contributed by atoms with Gasteiger partial charge in [-0.25, -0.2) is 4.79 Å². The first-order valence-corrected chi connectivity index (χ1v) is 8.13. The molecule has 0 bridgehead atoms. The molecular weight excluding hydrogens is 340 g/mol. The first-order chi connectivity index (χ1) is 13.2. The van der Waals surface area contributed by atoms with Crippen molar-refractivity contribution in [3.63, 3.8) is 0 Å². The van der Waals surface area contributed by atoms with Crippen molar-refractivity contribution in [1.82, 2.24) is 0 Å². The predicted octanol–water partition coefficient (Wildman–Crippen LogP) is 4.73. The lowest BCUT2D eigenvalue weighted by Gasteiger charge is -2.05. The average molecular weight is 354 g/mol. The van der Waals surface area contributed by atoms with Crippen molar-refractivity contribution < 1.29 is 13.9 Å². The number of benzene rings is 2. The second-order valence-corrected chi connectivity index (χ2v) is 5.62. The molecule has 0 atom stereocenters. The molecule has 5 nitrogen and oxygen atoms in total. The number of rotatable bonds is 5. The third-order valence-corrected chi connectivity index (χ3v) is 3.77. The quantitative estimate of drug-likeness (QED) is 0.488. The molecule has 0 fully saturated rings. The molecule has 1 heterocycles. The molecule has 0 saturated carbocycles. The van der Waals surface area contributed by atoms with Crippen LogP contribution in [0.15, 0.2) is 76.7 Å². The molecule has 27 heavy (non-hydrogen) atoms. The van der Waals surface area contributed by atoms with Gasteiger partial charge in [0.25, 0.3) is 0 Å². The number of carbonyl (C=O) groups excluding carboxylic acids is 1. The summed E-state index contributed by atoms with van der Waals surface area (Å²) in [5.74, 6) is 0.580. The topological polar surface area (TPSA) is 87.0 Å². The molecule has 130 valence electrons. The van der Waals surface area contributed by atoms with Gasteiger partial charge in [0.1, 0.15) is 35.8 Å². The van der Waals surface area contributed by atoms with Crippen LogP contribution in [0.4, 0.5) is 0 Å². The molecule has 0 spiro atoms. The average Bonchev–Trinajstić information content (AvgIpc) is 3.19. The number of ether oxygens (including phenoxy) is 1. The van der Waals surface area contributed by atoms with Crippen LogP contribution in [-0.4, -0.2) is 5.97 Å². The number of nitrogens with zero attached hydrogens (tertiary/aromatic N) is 2. The lowest BCUT2D eigenvalue weighted by Crippen LogP contribution is -2.04. The zero-order valence-corrected chi connectivity index (χ0v) is 14.3. The maximum atomic E-state index is 12.1. The maximum absolute atomic E-state index is 12.1. The van der Waals surface area contributed by atoms with Crippen LogP contribution in [0, 0.1) is 22.7 Å². The smallest absolute Gasteiger partial charge is 0.338 e. The number of nitriles is 2. The number of hydrogen-bond acceptors (Lipinski definition) is 5. The van der Waals surface area contributed by atoms with E-state index in [-0.39, 0.29) is 12.2 Å². The Kier molecular flexibility index (Phi) is 5.47. The highest BCUT2D eigenvalue weighted by molar-refractivity contribution is 5.90. The Morgan fingerprint density at radius 3 is 2.33 bits per heavy atom. The highest BCUT2D eigenvalue weighted by Gasteiger charge is 2.09. The molecule has 0 unspecified atom stereocenters. The van der Waals surface area contributed by atoms with E-state index in [2.05, 4.69) is 0 Å². The molecule has 0 aliphatic heterocycles. The molecular formula is C22H14N2O3. The Bertz CT molecular complexity index is 1030. The summed E-state index contributed by atoms with van der Waals surface area (Å²) in [6.07, 6.45) is 1.37. The molecule has 3 aromatic rings. The highest BCUT2D eigenvalue weighted by Crippen LogP contribution is 2.24. The fourth-order valence-corrected chi connectivity index (χ4v) is 2.39. The summed E-state index contributed by atoms with van der Waals surface area (Å²) in [7, 11) is 0. The molecule has 5 heteroatoms. The Labute approximate surface area is 156 Å². The Morgan fingerprint density at radius 2 is 1.67 bits per heavy atom. The van der Waals surface area contributed by atoms with Crippen LogP contribution in [0.1, 0.15) is 21.7 Å². The first-order valence-electron chi connectivity index (χ1n) is 8.13. The van der Waals surface area contributed by atoms with Gasteiger partial charge >= 0.3 is 5.97 Å². The largest absolute Gasteiger partial charge is 0.457 e. The summed E-state index contributed by atoms with van der Waals surface area (Å²) in [5, 5.41) is 17.6. The van der Waals surface area contributed by atoms with Crippen molar-refractivity contribution in [2.45, 2.75) is 6.61 Å². The van der Waals surface area contributed by atoms with Crippen LogP contribution in [0.2, 0.25) is 0 Å². The fourth-order valence-electron chi connectivity index (χ4n) is 2.39. The van der Waals surface area contributed by atoms with Crippen molar-refractivity contribution >= 4 is 12.0 Å². The molecule has 0 aliphatic rings. The van der Waals surface area contributed by atoms with Gasteiger partial charge in [-0.1, -0.05) is 42.5 Å². The zero-order chi connectivity index (χ0) is 19.1. The van der Waals surface area contributed by atoms with E-state index >= 15 is 0 Å². The van der Waals surface area contributed by atoms with E-state index in [1.807, 2.05) is 30.3 Å². The maximum Gasteiger partial charge on any atom is 0.338 e. The minimum absolute atomic E-state index is 0.0348. The van der Waals surface area contributed by atoms with E-state index in [1.165, 1.54) is 6.08 Å². The van der Waals surface area contributed by atoms with E-state index in [9.17, 15) is 4.79 Å². The summed E-state index contributed by atoms with van der Waals surface area (Å²) in [6.45, 7) is 0.218. The van der Waals surface area contributed by atoms with Gasteiger partial charge in [0, 0.05) is 11.6 Å². The van der Waals surface area contributed by atoms with Crippen LogP contribution >= 0.6 is 0 Å². The van der Waals surface area contributed by atoms with Crippen LogP contribution in [0.5, 0.6) is 0 Å². The van der Waals surface area contributed by atoms with Crippen molar-refractivity contribution in [3.8, 4) is 23.5 Å². The summed E-state index contributed by atoms with van der Waals surface area (Å²) >= 11 is 0. The highest BCUT2D eigenvalue weighted by atomic mass is 16.5. The van der Waals surface area contributed by atoms with Gasteiger partial charge in [0.2, 0.25) is 0 Å². The Hall–Kier alpha value is -4.09. The van der Waals surface area contributed by atoms with Gasteiger partial charge in [-0.2, -0.15) is 10.5 Å². The molecule has 0 saturated heterocycles. The van der Waals surface area contributed by atoms with Gasteiger partial charge in [0.15, 0.2) is 0 Å². The Balaban J connectivity index is 1.68. The summed E-state index contributed by atoms with van der Waals surface area (Å²) < 4.78 is 10.9. The molecule has 3 rings (SSSR count). The van der Waals surface area contributed by atoms with Gasteiger partial charge < -0.3 is 9.15 Å². The minimum atomic E-state index is -0.402. The number of furan rings is 1. The number of allylic oxidation sites excluding steroid dienone is 1. The van der Waals surface area contributed by atoms with E-state index in [0.29, 0.717) is 17.1 Å². The third kappa shape index (κ3) is 4.50. The van der Waals surface area contributed by atoms with Gasteiger partial charge in [0.05, 0.1) is 5.56 Å². The van der Waals surface area contributed by atoms with E-state index < -0.39 is 5.97 Å². The van der Waals surface area contributed by atoms with Crippen LogP contribution in [0.3, 0.4) is 0 Å². The Morgan fingerprint density at radius 1 is 0.963 bits per heavy atom. The van der Waals surface area contributed by atoms with Crippen molar-refractivity contribution in [3.05, 3.63) is 89.2 Å². The van der Waals surface area contributed by atoms with Crippen molar-refractivity contribution in [2.24, 2.45) is 0 Å². The second kappa shape index (κ2) is 8.33. The standard InChI is InChI=1S/C22H14N2O3/c23-13-17(14-24)12-20-10-11-21(27-20)18-6-8-19(9-7-18)22(25)26-15-16-4-2-1-3-5-16/h1-12H,15H2. The molecule has 2 aromatic carbocycles. The van der Waals surface area contributed by atoms with Crippen molar-refractivity contribution in [2.75, 3.05) is 0 Å². The normalized spacial score (nSPS) is 9.70. The van der Waals surface area contributed by atoms with E-state index in [4.69, 9.17) is 19.7 Å². The van der Waals surface area contributed by atoms with Gasteiger partial charge in [-0.3, -0.25) is 0 Å². The lowest BCUT2D eigenvalue weighted by molar-refractivity contribution is 0.0472. The van der Waals surface area contributed by atoms with E-state index in [1.54, 1.807) is 48.5 Å². The summed E-state index contributed by atoms with van der Waals surface area (Å²) in [6, 6.07) is 23.3. The number of carbonyl (C=O) groups is 1. The summed E-state index contributed by atoms with van der Waals surface area (Å²) in [5.41, 5.74) is 2.10. The molecule has 0 radical (unpaired) electrons. The molecule has 0 N–H and O–H groups in total. The SMILES string of the molecule is N#CC(C#N)=Cc1ccc(-c2ccc(C(=O)OCc3ccccc3)cc2)o1. The van der Waals surface area contributed by atoms with Crippen molar-refractivity contribution in [1.29, 1.82) is 10.5 Å². The number of esters is 1. The molecule has 0 aliphatic carbocycles. The van der Waals surface area contributed by atoms with Gasteiger partial charge in [-0.05, 0) is 29.8 Å². The fraction of sp³-hybridized carbons (Fsp3) is 0.0455. The third-order valence-electron chi connectivity index (χ3n) is 3.77. The van der Waals surface area contributed by atoms with Gasteiger partial charge in [-0.15, -0.1) is 0 Å². The summed E-state index contributed by atoms with van der Waals surface area (Å²) in [4.78, 5) is 12.1. The lowest BCUT2D eigenvalue weighted by atomic mass is 10.1. The van der Waals surface area contributed by atoms with Crippen LogP contribution in [0.25, 0.3) is 17.4 Å². The second-order valence-electron chi connectivity index (χ2n) is 5.62. The minimum Gasteiger partial charge on any atom is -0.457 e. The number of hydrogen-bond donors (Lipinski definition) is 0. The zero-order valence-electron chi connectivity index (χ0n) is 14.3. The van der Waals surface area contributed by atoms with Crippen LogP contribution in [-0.2, 0) is 11.3 Å². The predicted molar refractivity (Wildman–Crippen MR) is 98.9 cm³/mol. The molecule has 0 amide bonds. The monoisotopic (exact) mass is 354 g/mol. The first kappa shape index (κ1) is 17.7. The van der Waals surface area contributed by atoms with Crippen LogP contribution < -0.4 is 0 Å². The van der Waals surface area contributed by atoms with E-state index in [0.717, 1.165) is 11.1 Å².